The number of nitrogens with one attached hydrogen (secondary N) is 1. The van der Waals surface area contributed by atoms with E-state index in [-0.39, 0.29) is 0 Å². The number of pyridine rings is 1. The fourth-order valence-electron chi connectivity index (χ4n) is 2.23. The van der Waals surface area contributed by atoms with E-state index in [4.69, 9.17) is 4.74 Å². The molecule has 5 heteroatoms. The van der Waals surface area contributed by atoms with Crippen molar-refractivity contribution in [1.29, 1.82) is 0 Å². The average molecular weight is 286 g/mol. The number of methoxy groups -OCH3 is 1. The number of anilines is 1. The highest BCUT2D eigenvalue weighted by atomic mass is 16.5. The Hall–Kier alpha value is -2.17. The Morgan fingerprint density at radius 1 is 1.00 bits per heavy atom. The molecule has 1 N–H and O–H groups in total. The highest BCUT2D eigenvalue weighted by Crippen LogP contribution is 2.21. The number of hydrogen-bond donors (Lipinski definition) is 1. The molecule has 0 atom stereocenters. The molecular formula is C16H22N4O. The zero-order chi connectivity index (χ0) is 15.6. The molecule has 0 radical (unpaired) electrons. The van der Waals surface area contributed by atoms with Crippen LogP contribution in [0.3, 0.4) is 0 Å². The molecule has 5 nitrogen and oxygen atoms in total. The van der Waals surface area contributed by atoms with Gasteiger partial charge in [-0.3, -0.25) is 0 Å². The summed E-state index contributed by atoms with van der Waals surface area (Å²) in [7, 11) is 1.64. The molecule has 2 aromatic heterocycles. The van der Waals surface area contributed by atoms with E-state index in [2.05, 4.69) is 27.2 Å². The molecule has 2 heterocycles. The van der Waals surface area contributed by atoms with Crippen molar-refractivity contribution in [3.63, 3.8) is 0 Å². The van der Waals surface area contributed by atoms with Gasteiger partial charge in [-0.25, -0.2) is 15.0 Å². The van der Waals surface area contributed by atoms with Gasteiger partial charge in [-0.05, 0) is 51.8 Å². The van der Waals surface area contributed by atoms with Crippen molar-refractivity contribution in [2.24, 2.45) is 0 Å². The SMILES string of the molecule is COc1nc(C)cc(C)c1CNc1nc(C)c(C)c(C)n1. The molecule has 0 aromatic carbocycles. The first-order valence-electron chi connectivity index (χ1n) is 6.99. The Labute approximate surface area is 125 Å². The van der Waals surface area contributed by atoms with Crippen molar-refractivity contribution in [3.05, 3.63) is 39.8 Å². The van der Waals surface area contributed by atoms with Crippen LogP contribution in [0.2, 0.25) is 0 Å². The first-order valence-corrected chi connectivity index (χ1v) is 6.99. The lowest BCUT2D eigenvalue weighted by Gasteiger charge is -2.13. The third kappa shape index (κ3) is 3.29. The molecule has 0 aliphatic heterocycles. The van der Waals surface area contributed by atoms with Crippen molar-refractivity contribution in [2.45, 2.75) is 41.2 Å². The van der Waals surface area contributed by atoms with Crippen molar-refractivity contribution in [1.82, 2.24) is 15.0 Å². The van der Waals surface area contributed by atoms with E-state index in [1.54, 1.807) is 7.11 Å². The fourth-order valence-corrected chi connectivity index (χ4v) is 2.23. The maximum atomic E-state index is 5.37. The van der Waals surface area contributed by atoms with Gasteiger partial charge in [0.15, 0.2) is 0 Å². The molecule has 2 aromatic rings. The van der Waals surface area contributed by atoms with Crippen LogP contribution in [0.25, 0.3) is 0 Å². The summed E-state index contributed by atoms with van der Waals surface area (Å²) in [6.45, 7) is 10.6. The van der Waals surface area contributed by atoms with E-state index in [1.165, 1.54) is 0 Å². The molecule has 2 rings (SSSR count). The lowest BCUT2D eigenvalue weighted by molar-refractivity contribution is 0.391. The second-order valence-electron chi connectivity index (χ2n) is 5.26. The number of aromatic nitrogens is 3. The van der Waals surface area contributed by atoms with Gasteiger partial charge in [-0.1, -0.05) is 0 Å². The fraction of sp³-hybridized carbons (Fsp3) is 0.438. The second kappa shape index (κ2) is 6.08. The van der Waals surface area contributed by atoms with E-state index in [1.807, 2.05) is 33.8 Å². The minimum atomic E-state index is 0.588. The Morgan fingerprint density at radius 3 is 2.19 bits per heavy atom. The largest absolute Gasteiger partial charge is 0.481 e. The van der Waals surface area contributed by atoms with Gasteiger partial charge < -0.3 is 10.1 Å². The molecule has 0 saturated carbocycles. The van der Waals surface area contributed by atoms with Crippen molar-refractivity contribution < 1.29 is 4.74 Å². The van der Waals surface area contributed by atoms with Crippen molar-refractivity contribution in [2.75, 3.05) is 12.4 Å². The lowest BCUT2D eigenvalue weighted by Crippen LogP contribution is -2.10. The first-order chi connectivity index (χ1) is 9.92. The zero-order valence-electron chi connectivity index (χ0n) is 13.5. The van der Waals surface area contributed by atoms with Crippen LogP contribution in [0.4, 0.5) is 5.95 Å². The molecular weight excluding hydrogens is 264 g/mol. The maximum Gasteiger partial charge on any atom is 0.223 e. The van der Waals surface area contributed by atoms with Crippen LogP contribution in [0.15, 0.2) is 6.07 Å². The van der Waals surface area contributed by atoms with Gasteiger partial charge in [0.05, 0.1) is 7.11 Å². The molecule has 0 aliphatic rings. The molecule has 0 bridgehead atoms. The van der Waals surface area contributed by atoms with Crippen LogP contribution >= 0.6 is 0 Å². The Bertz CT molecular complexity index is 645. The van der Waals surface area contributed by atoms with Crippen LogP contribution in [-0.4, -0.2) is 22.1 Å². The third-order valence-corrected chi connectivity index (χ3v) is 3.69. The van der Waals surface area contributed by atoms with Crippen molar-refractivity contribution >= 4 is 5.95 Å². The summed E-state index contributed by atoms with van der Waals surface area (Å²) in [6, 6.07) is 2.05. The van der Waals surface area contributed by atoms with Crippen LogP contribution in [0, 0.1) is 34.6 Å². The van der Waals surface area contributed by atoms with Gasteiger partial charge in [-0.15, -0.1) is 0 Å². The molecule has 0 unspecified atom stereocenters. The smallest absolute Gasteiger partial charge is 0.223 e. The minimum absolute atomic E-state index is 0.588. The molecule has 112 valence electrons. The summed E-state index contributed by atoms with van der Waals surface area (Å²) in [5.41, 5.74) is 6.25. The summed E-state index contributed by atoms with van der Waals surface area (Å²) in [5.74, 6) is 1.29. The molecule has 0 fully saturated rings. The van der Waals surface area contributed by atoms with E-state index in [9.17, 15) is 0 Å². The van der Waals surface area contributed by atoms with Crippen LogP contribution < -0.4 is 10.1 Å². The van der Waals surface area contributed by atoms with Gasteiger partial charge >= 0.3 is 0 Å². The van der Waals surface area contributed by atoms with Gasteiger partial charge in [0.1, 0.15) is 0 Å². The molecule has 21 heavy (non-hydrogen) atoms. The van der Waals surface area contributed by atoms with Gasteiger partial charge in [-0.2, -0.15) is 0 Å². The summed E-state index contributed by atoms with van der Waals surface area (Å²) in [4.78, 5) is 13.3. The van der Waals surface area contributed by atoms with Gasteiger partial charge in [0, 0.05) is 29.2 Å². The summed E-state index contributed by atoms with van der Waals surface area (Å²) in [5, 5.41) is 3.26. The monoisotopic (exact) mass is 286 g/mol. The Morgan fingerprint density at radius 2 is 1.62 bits per heavy atom. The number of nitrogens with zero attached hydrogens (tertiary/aromatic N) is 3. The Kier molecular flexibility index (Phi) is 4.40. The second-order valence-corrected chi connectivity index (χ2v) is 5.26. The van der Waals surface area contributed by atoms with E-state index in [0.717, 1.165) is 33.8 Å². The standard InChI is InChI=1S/C16H22N4O/c1-9-7-10(2)18-15(21-6)14(9)8-17-16-19-12(4)11(3)13(5)20-16/h7H,8H2,1-6H3,(H,17,19,20). The van der Waals surface area contributed by atoms with Gasteiger partial charge in [0.25, 0.3) is 0 Å². The van der Waals surface area contributed by atoms with Crippen molar-refractivity contribution in [3.8, 4) is 5.88 Å². The van der Waals surface area contributed by atoms with Crippen LogP contribution in [0.5, 0.6) is 5.88 Å². The summed E-state index contributed by atoms with van der Waals surface area (Å²) < 4.78 is 5.37. The minimum Gasteiger partial charge on any atom is -0.481 e. The topological polar surface area (TPSA) is 59.9 Å². The van der Waals surface area contributed by atoms with Crippen LogP contribution in [0.1, 0.15) is 33.8 Å². The van der Waals surface area contributed by atoms with E-state index >= 15 is 0 Å². The number of aryl methyl sites for hydroxylation is 4. The normalized spacial score (nSPS) is 10.6. The number of ether oxygens (including phenoxy) is 1. The highest BCUT2D eigenvalue weighted by molar-refractivity contribution is 5.40. The number of rotatable bonds is 4. The summed E-state index contributed by atoms with van der Waals surface area (Å²) in [6.07, 6.45) is 0. The Balaban J connectivity index is 2.24. The molecule has 0 aliphatic carbocycles. The van der Waals surface area contributed by atoms with E-state index in [0.29, 0.717) is 18.4 Å². The molecule has 0 saturated heterocycles. The zero-order valence-corrected chi connectivity index (χ0v) is 13.5. The van der Waals surface area contributed by atoms with E-state index < -0.39 is 0 Å². The third-order valence-electron chi connectivity index (χ3n) is 3.69. The van der Waals surface area contributed by atoms with Gasteiger partial charge in [0.2, 0.25) is 11.8 Å². The highest BCUT2D eigenvalue weighted by Gasteiger charge is 2.11. The maximum absolute atomic E-state index is 5.37. The average Bonchev–Trinajstić information content (AvgIpc) is 2.42. The lowest BCUT2D eigenvalue weighted by atomic mass is 10.1. The quantitative estimate of drug-likeness (QED) is 0.936. The number of hydrogen-bond acceptors (Lipinski definition) is 5. The summed E-state index contributed by atoms with van der Waals surface area (Å²) >= 11 is 0. The van der Waals surface area contributed by atoms with Crippen LogP contribution in [-0.2, 0) is 6.54 Å². The first kappa shape index (κ1) is 15.2. The predicted molar refractivity (Wildman–Crippen MR) is 83.8 cm³/mol. The predicted octanol–water partition coefficient (Wildman–Crippen LogP) is 3.03. The molecule has 0 spiro atoms. The molecule has 0 amide bonds.